The van der Waals surface area contributed by atoms with Crippen LogP contribution in [0, 0.1) is 0 Å². The maximum absolute atomic E-state index is 11.7. The third kappa shape index (κ3) is 3.73. The van der Waals surface area contributed by atoms with Gasteiger partial charge in [-0.2, -0.15) is 0 Å². The molecular weight excluding hydrogens is 310 g/mol. The maximum Gasteiger partial charge on any atom is 0.407 e. The summed E-state index contributed by atoms with van der Waals surface area (Å²) in [6.45, 7) is 0.347. The van der Waals surface area contributed by atoms with Gasteiger partial charge >= 0.3 is 12.1 Å². The van der Waals surface area contributed by atoms with Crippen molar-refractivity contribution in [2.75, 3.05) is 0 Å². The molecule has 0 bridgehead atoms. The van der Waals surface area contributed by atoms with Crippen LogP contribution in [-0.2, 0) is 17.9 Å². The Kier molecular flexibility index (Phi) is 4.47. The number of rotatable bonds is 5. The number of hydrogen-bond donors (Lipinski definition) is 2. The predicted octanol–water partition coefficient (Wildman–Crippen LogP) is 3.56. The van der Waals surface area contributed by atoms with Gasteiger partial charge in [0, 0.05) is 5.39 Å². The molecule has 0 aliphatic carbocycles. The van der Waals surface area contributed by atoms with Gasteiger partial charge in [0.15, 0.2) is 0 Å². The minimum atomic E-state index is -1.02. The second-order valence-corrected chi connectivity index (χ2v) is 5.19. The molecule has 1 aromatic heterocycles. The zero-order valence-corrected chi connectivity index (χ0v) is 12.7. The smallest absolute Gasteiger partial charge is 0.407 e. The van der Waals surface area contributed by atoms with Crippen LogP contribution in [0.15, 0.2) is 59.0 Å². The number of fused-ring (bicyclic) bond motifs is 1. The number of carbonyl (C=O) groups excluding carboxylic acids is 1. The molecule has 0 saturated heterocycles. The Labute approximate surface area is 137 Å². The molecule has 6 heteroatoms. The molecule has 1 heterocycles. The van der Waals surface area contributed by atoms with Gasteiger partial charge in [0.05, 0.1) is 12.1 Å². The molecule has 0 aliphatic rings. The average Bonchev–Trinajstić information content (AvgIpc) is 3.01. The second-order valence-electron chi connectivity index (χ2n) is 5.19. The Morgan fingerprint density at radius 1 is 1.08 bits per heavy atom. The Hall–Kier alpha value is -3.28. The minimum absolute atomic E-state index is 0.152. The van der Waals surface area contributed by atoms with Crippen molar-refractivity contribution in [1.29, 1.82) is 0 Å². The average molecular weight is 325 g/mol. The number of carboxylic acid groups (broad SMARTS) is 1. The lowest BCUT2D eigenvalue weighted by atomic mass is 10.2. The van der Waals surface area contributed by atoms with E-state index in [2.05, 4.69) is 5.32 Å². The van der Waals surface area contributed by atoms with Crippen LogP contribution in [0.1, 0.15) is 21.7 Å². The van der Waals surface area contributed by atoms with E-state index in [1.165, 1.54) is 12.1 Å². The van der Waals surface area contributed by atoms with E-state index in [1.807, 2.05) is 30.3 Å². The highest BCUT2D eigenvalue weighted by Crippen LogP contribution is 2.21. The lowest BCUT2D eigenvalue weighted by Crippen LogP contribution is -2.23. The van der Waals surface area contributed by atoms with Crippen molar-refractivity contribution in [3.05, 3.63) is 71.5 Å². The molecule has 0 spiro atoms. The summed E-state index contributed by atoms with van der Waals surface area (Å²) in [6, 6.07) is 15.7. The van der Waals surface area contributed by atoms with Crippen LogP contribution in [0.5, 0.6) is 0 Å². The third-order valence-corrected chi connectivity index (χ3v) is 3.44. The van der Waals surface area contributed by atoms with Gasteiger partial charge in [0.1, 0.15) is 18.0 Å². The van der Waals surface area contributed by atoms with E-state index in [9.17, 15) is 9.59 Å². The van der Waals surface area contributed by atoms with E-state index >= 15 is 0 Å². The summed E-state index contributed by atoms with van der Waals surface area (Å²) in [6.07, 6.45) is -0.550. The molecule has 3 rings (SSSR count). The fourth-order valence-corrected chi connectivity index (χ4v) is 2.24. The molecule has 2 N–H and O–H groups in total. The van der Waals surface area contributed by atoms with Crippen LogP contribution in [-0.4, -0.2) is 17.2 Å². The fourth-order valence-electron chi connectivity index (χ4n) is 2.24. The van der Waals surface area contributed by atoms with Crippen LogP contribution in [0.3, 0.4) is 0 Å². The molecule has 2 aromatic carbocycles. The monoisotopic (exact) mass is 325 g/mol. The summed E-state index contributed by atoms with van der Waals surface area (Å²) in [5.41, 5.74) is 1.51. The Morgan fingerprint density at radius 3 is 2.62 bits per heavy atom. The molecule has 0 radical (unpaired) electrons. The lowest BCUT2D eigenvalue weighted by Gasteiger charge is -2.05. The number of amides is 1. The molecule has 0 atom stereocenters. The first-order chi connectivity index (χ1) is 11.6. The summed E-state index contributed by atoms with van der Waals surface area (Å²) in [5.74, 6) is -0.498. The maximum atomic E-state index is 11.7. The Bertz CT molecular complexity index is 870. The highest BCUT2D eigenvalue weighted by atomic mass is 16.5. The van der Waals surface area contributed by atoms with Gasteiger partial charge in [-0.3, -0.25) is 0 Å². The number of benzene rings is 2. The molecule has 1 amide bonds. The van der Waals surface area contributed by atoms with Crippen LogP contribution in [0.4, 0.5) is 4.79 Å². The van der Waals surface area contributed by atoms with Crippen LogP contribution < -0.4 is 5.32 Å². The van der Waals surface area contributed by atoms with Crippen molar-refractivity contribution in [2.45, 2.75) is 13.2 Å². The molecule has 6 nitrogen and oxygen atoms in total. The molecule has 0 fully saturated rings. The van der Waals surface area contributed by atoms with Crippen LogP contribution in [0.2, 0.25) is 0 Å². The van der Waals surface area contributed by atoms with E-state index < -0.39 is 12.1 Å². The molecule has 0 saturated carbocycles. The SMILES string of the molecule is O=C(NCc1cc2ccc(C(=O)O)cc2o1)OCc1ccccc1. The number of carbonyl (C=O) groups is 2. The number of carboxylic acids is 1. The first-order valence-electron chi connectivity index (χ1n) is 7.32. The zero-order chi connectivity index (χ0) is 16.9. The van der Waals surface area contributed by atoms with E-state index in [4.69, 9.17) is 14.3 Å². The van der Waals surface area contributed by atoms with E-state index in [0.717, 1.165) is 10.9 Å². The minimum Gasteiger partial charge on any atom is -0.478 e. The normalized spacial score (nSPS) is 10.5. The van der Waals surface area contributed by atoms with Gasteiger partial charge in [0.25, 0.3) is 0 Å². The van der Waals surface area contributed by atoms with Gasteiger partial charge in [-0.1, -0.05) is 36.4 Å². The number of aromatic carboxylic acids is 1. The summed E-state index contributed by atoms with van der Waals surface area (Å²) in [5, 5.41) is 12.3. The summed E-state index contributed by atoms with van der Waals surface area (Å²) >= 11 is 0. The highest BCUT2D eigenvalue weighted by Gasteiger charge is 2.10. The summed E-state index contributed by atoms with van der Waals surface area (Å²) < 4.78 is 10.6. The largest absolute Gasteiger partial charge is 0.478 e. The number of ether oxygens (including phenoxy) is 1. The van der Waals surface area contributed by atoms with Gasteiger partial charge in [-0.15, -0.1) is 0 Å². The fraction of sp³-hybridized carbons (Fsp3) is 0.111. The topological polar surface area (TPSA) is 88.8 Å². The Morgan fingerprint density at radius 2 is 1.88 bits per heavy atom. The third-order valence-electron chi connectivity index (χ3n) is 3.44. The number of alkyl carbamates (subject to hydrolysis) is 1. The molecule has 0 aliphatic heterocycles. The first kappa shape index (κ1) is 15.6. The van der Waals surface area contributed by atoms with Crippen LogP contribution in [0.25, 0.3) is 11.0 Å². The van der Waals surface area contributed by atoms with Crippen molar-refractivity contribution in [3.63, 3.8) is 0 Å². The first-order valence-corrected chi connectivity index (χ1v) is 7.32. The van der Waals surface area contributed by atoms with Crippen molar-refractivity contribution in [1.82, 2.24) is 5.32 Å². The van der Waals surface area contributed by atoms with Gasteiger partial charge in [-0.25, -0.2) is 9.59 Å². The molecule has 3 aromatic rings. The van der Waals surface area contributed by atoms with Crippen LogP contribution >= 0.6 is 0 Å². The second kappa shape index (κ2) is 6.87. The van der Waals surface area contributed by atoms with E-state index in [1.54, 1.807) is 12.1 Å². The lowest BCUT2D eigenvalue weighted by molar-refractivity contribution is 0.0697. The Balaban J connectivity index is 1.57. The highest BCUT2D eigenvalue weighted by molar-refractivity contribution is 5.92. The summed E-state index contributed by atoms with van der Waals surface area (Å²) in [7, 11) is 0. The zero-order valence-electron chi connectivity index (χ0n) is 12.7. The van der Waals surface area contributed by atoms with Gasteiger partial charge in [-0.05, 0) is 23.8 Å². The number of nitrogens with one attached hydrogen (secondary N) is 1. The van der Waals surface area contributed by atoms with Gasteiger partial charge in [0.2, 0.25) is 0 Å². The van der Waals surface area contributed by atoms with Crippen molar-refractivity contribution in [2.24, 2.45) is 0 Å². The molecule has 24 heavy (non-hydrogen) atoms. The number of hydrogen-bond acceptors (Lipinski definition) is 4. The predicted molar refractivity (Wildman–Crippen MR) is 86.6 cm³/mol. The van der Waals surface area contributed by atoms with Crippen molar-refractivity contribution < 1.29 is 23.8 Å². The van der Waals surface area contributed by atoms with Crippen molar-refractivity contribution in [3.8, 4) is 0 Å². The van der Waals surface area contributed by atoms with E-state index in [0.29, 0.717) is 11.3 Å². The van der Waals surface area contributed by atoms with Crippen molar-refractivity contribution >= 4 is 23.0 Å². The summed E-state index contributed by atoms with van der Waals surface area (Å²) in [4.78, 5) is 22.6. The van der Waals surface area contributed by atoms with E-state index in [-0.39, 0.29) is 18.7 Å². The molecule has 122 valence electrons. The quantitative estimate of drug-likeness (QED) is 0.749. The molecular formula is C18H15NO5. The number of furan rings is 1. The molecule has 0 unspecified atom stereocenters. The standard InChI is InChI=1S/C18H15NO5/c20-17(21)14-7-6-13-8-15(24-16(13)9-14)10-19-18(22)23-11-12-4-2-1-3-5-12/h1-9H,10-11H2,(H,19,22)(H,20,21). The van der Waals surface area contributed by atoms with Gasteiger partial charge < -0.3 is 19.6 Å².